The molecule has 5 rings (SSSR count). The summed E-state index contributed by atoms with van der Waals surface area (Å²) in [5.41, 5.74) is 0.684. The number of piperidine rings is 1. The van der Waals surface area contributed by atoms with Gasteiger partial charge in [0.2, 0.25) is 11.8 Å². The number of halogens is 3. The van der Waals surface area contributed by atoms with Crippen molar-refractivity contribution in [1.29, 1.82) is 0 Å². The molecule has 0 radical (unpaired) electrons. The number of rotatable bonds is 5. The number of nitrogens with zero attached hydrogens (tertiary/aromatic N) is 4. The number of carbonyl (C=O) groups excluding carboxylic acids is 3. The minimum absolute atomic E-state index is 0.0518. The van der Waals surface area contributed by atoms with Gasteiger partial charge < -0.3 is 19.4 Å². The van der Waals surface area contributed by atoms with Crippen LogP contribution in [0.15, 0.2) is 36.5 Å². The lowest BCUT2D eigenvalue weighted by Gasteiger charge is -2.34. The molecule has 1 saturated carbocycles. The molecule has 3 heterocycles. The summed E-state index contributed by atoms with van der Waals surface area (Å²) >= 11 is 18.3. The van der Waals surface area contributed by atoms with Gasteiger partial charge >= 0.3 is 6.09 Å². The summed E-state index contributed by atoms with van der Waals surface area (Å²) < 4.78 is 5.53. The Morgan fingerprint density at radius 2 is 1.72 bits per heavy atom. The second-order valence-electron chi connectivity index (χ2n) is 11.0. The van der Waals surface area contributed by atoms with Crippen molar-refractivity contribution < 1.29 is 19.1 Å². The number of carbonyl (C=O) groups is 3. The molecule has 2 atom stereocenters. The number of amides is 3. The first-order chi connectivity index (χ1) is 18.6. The van der Waals surface area contributed by atoms with Crippen LogP contribution in [0, 0.1) is 11.3 Å². The van der Waals surface area contributed by atoms with Crippen molar-refractivity contribution in [2.45, 2.75) is 44.6 Å². The van der Waals surface area contributed by atoms with Gasteiger partial charge in [0.25, 0.3) is 0 Å². The van der Waals surface area contributed by atoms with Gasteiger partial charge in [-0.1, -0.05) is 47.8 Å². The van der Waals surface area contributed by atoms with Crippen LogP contribution in [0.1, 0.15) is 44.1 Å². The molecule has 8 nitrogen and oxygen atoms in total. The van der Waals surface area contributed by atoms with E-state index < -0.39 is 6.09 Å². The zero-order chi connectivity index (χ0) is 27.9. The highest BCUT2D eigenvalue weighted by molar-refractivity contribution is 6.42. The predicted molar refractivity (Wildman–Crippen MR) is 149 cm³/mol. The molecule has 2 aliphatic heterocycles. The Morgan fingerprint density at radius 1 is 1.00 bits per heavy atom. The summed E-state index contributed by atoms with van der Waals surface area (Å²) in [6.07, 6.45) is 3.99. The first kappa shape index (κ1) is 28.0. The van der Waals surface area contributed by atoms with Crippen LogP contribution in [0.4, 0.5) is 4.79 Å². The fourth-order valence-corrected chi connectivity index (χ4v) is 5.95. The average molecular weight is 594 g/mol. The Bertz CT molecular complexity index is 1260. The standard InChI is InChI=1S/C28H31Cl3N4O4/c1-28(9-10-28)26(37)34-11-7-17(8-12-34)25(36)35-15-20(18-3-5-21(29)22(30)13-18)23(16-35)33(2)27(38)39-19-4-6-24(31)32-14-19/h3-6,13-14,17,20,23H,7-12,15-16H2,1-2H3/t20-,23+/m0/s1. The fraction of sp³-hybridized carbons (Fsp3) is 0.500. The van der Waals surface area contributed by atoms with E-state index in [0.29, 0.717) is 54.2 Å². The fourth-order valence-electron chi connectivity index (χ4n) is 5.53. The van der Waals surface area contributed by atoms with Gasteiger partial charge in [-0.15, -0.1) is 0 Å². The van der Waals surface area contributed by atoms with Crippen molar-refractivity contribution in [3.8, 4) is 5.75 Å². The Balaban J connectivity index is 1.30. The maximum atomic E-state index is 13.7. The highest BCUT2D eigenvalue weighted by Crippen LogP contribution is 2.47. The lowest BCUT2D eigenvalue weighted by Crippen LogP contribution is -2.46. The third-order valence-electron chi connectivity index (χ3n) is 8.31. The largest absolute Gasteiger partial charge is 0.415 e. The molecule has 1 aromatic heterocycles. The molecule has 3 aliphatic rings. The van der Waals surface area contributed by atoms with Crippen LogP contribution in [0.3, 0.4) is 0 Å². The highest BCUT2D eigenvalue weighted by atomic mass is 35.5. The van der Waals surface area contributed by atoms with E-state index in [2.05, 4.69) is 4.98 Å². The van der Waals surface area contributed by atoms with Crippen LogP contribution in [0.25, 0.3) is 0 Å². The van der Waals surface area contributed by atoms with Crippen molar-refractivity contribution in [1.82, 2.24) is 19.7 Å². The first-order valence-corrected chi connectivity index (χ1v) is 14.3. The maximum absolute atomic E-state index is 13.7. The van der Waals surface area contributed by atoms with E-state index in [1.54, 1.807) is 31.3 Å². The summed E-state index contributed by atoms with van der Waals surface area (Å²) in [5, 5.41) is 1.15. The van der Waals surface area contributed by atoms with Crippen molar-refractivity contribution in [3.05, 3.63) is 57.3 Å². The summed E-state index contributed by atoms with van der Waals surface area (Å²) in [7, 11) is 1.66. The van der Waals surface area contributed by atoms with E-state index in [9.17, 15) is 14.4 Å². The third kappa shape index (κ3) is 5.98. The molecule has 0 spiro atoms. The topological polar surface area (TPSA) is 83.1 Å². The smallest absolute Gasteiger partial charge is 0.409 e. The quantitative estimate of drug-likeness (QED) is 0.427. The normalized spacial score (nSPS) is 22.5. The van der Waals surface area contributed by atoms with Gasteiger partial charge in [-0.2, -0.15) is 0 Å². The van der Waals surface area contributed by atoms with Gasteiger partial charge in [0.1, 0.15) is 5.15 Å². The molecule has 11 heteroatoms. The second-order valence-corrected chi connectivity index (χ2v) is 12.2. The molecular weight excluding hydrogens is 563 g/mol. The monoisotopic (exact) mass is 592 g/mol. The van der Waals surface area contributed by atoms with E-state index in [1.165, 1.54) is 11.1 Å². The van der Waals surface area contributed by atoms with Gasteiger partial charge in [-0.3, -0.25) is 9.59 Å². The Hall–Kier alpha value is -2.55. The minimum atomic E-state index is -0.566. The van der Waals surface area contributed by atoms with Crippen LogP contribution >= 0.6 is 34.8 Å². The van der Waals surface area contributed by atoms with Gasteiger partial charge in [0, 0.05) is 50.5 Å². The van der Waals surface area contributed by atoms with Crippen molar-refractivity contribution in [2.24, 2.45) is 11.3 Å². The van der Waals surface area contributed by atoms with Crippen LogP contribution in [0.5, 0.6) is 5.75 Å². The molecule has 1 aliphatic carbocycles. The summed E-state index contributed by atoms with van der Waals surface area (Å²) in [6.45, 7) is 3.99. The van der Waals surface area contributed by atoms with Gasteiger partial charge in [-0.25, -0.2) is 9.78 Å². The number of likely N-dealkylation sites (N-methyl/N-ethyl adjacent to an activating group) is 1. The number of hydrogen-bond donors (Lipinski definition) is 0. The number of likely N-dealkylation sites (tertiary alicyclic amines) is 2. The molecule has 39 heavy (non-hydrogen) atoms. The van der Waals surface area contributed by atoms with E-state index in [-0.39, 0.29) is 40.9 Å². The molecule has 3 amide bonds. The van der Waals surface area contributed by atoms with E-state index in [0.717, 1.165) is 18.4 Å². The number of benzene rings is 1. The Kier molecular flexibility index (Phi) is 8.00. The SMILES string of the molecule is CN(C(=O)Oc1ccc(Cl)nc1)[C@@H]1CN(C(=O)C2CCN(C(=O)C3(C)CC3)CC2)C[C@H]1c1ccc(Cl)c(Cl)c1. The highest BCUT2D eigenvalue weighted by Gasteiger charge is 2.48. The molecule has 1 aromatic carbocycles. The van der Waals surface area contributed by atoms with E-state index in [1.807, 2.05) is 22.8 Å². The molecule has 2 saturated heterocycles. The molecule has 0 unspecified atom stereocenters. The van der Waals surface area contributed by atoms with Crippen LogP contribution < -0.4 is 4.74 Å². The van der Waals surface area contributed by atoms with Crippen molar-refractivity contribution >= 4 is 52.7 Å². The summed E-state index contributed by atoms with van der Waals surface area (Å²) in [4.78, 5) is 48.7. The van der Waals surface area contributed by atoms with Crippen molar-refractivity contribution in [2.75, 3.05) is 33.2 Å². The third-order valence-corrected chi connectivity index (χ3v) is 9.27. The average Bonchev–Trinajstić information content (AvgIpc) is 3.53. The van der Waals surface area contributed by atoms with Gasteiger partial charge in [-0.05, 0) is 55.5 Å². The summed E-state index contributed by atoms with van der Waals surface area (Å²) in [6, 6.07) is 8.16. The van der Waals surface area contributed by atoms with Crippen LogP contribution in [-0.4, -0.2) is 76.9 Å². The number of pyridine rings is 1. The van der Waals surface area contributed by atoms with Crippen molar-refractivity contribution in [3.63, 3.8) is 0 Å². The number of hydrogen-bond acceptors (Lipinski definition) is 5. The molecule has 2 aromatic rings. The van der Waals surface area contributed by atoms with Gasteiger partial charge in [0.05, 0.1) is 22.3 Å². The molecule has 3 fully saturated rings. The lowest BCUT2D eigenvalue weighted by molar-refractivity contribution is -0.142. The zero-order valence-electron chi connectivity index (χ0n) is 21.9. The molecular formula is C28H31Cl3N4O4. The van der Waals surface area contributed by atoms with E-state index in [4.69, 9.17) is 39.5 Å². The maximum Gasteiger partial charge on any atom is 0.415 e. The van der Waals surface area contributed by atoms with Crippen LogP contribution in [0.2, 0.25) is 15.2 Å². The Morgan fingerprint density at radius 3 is 2.33 bits per heavy atom. The lowest BCUT2D eigenvalue weighted by atomic mass is 9.93. The Labute approximate surface area is 243 Å². The first-order valence-electron chi connectivity index (χ1n) is 13.1. The molecule has 208 valence electrons. The molecule has 0 N–H and O–H groups in total. The summed E-state index contributed by atoms with van der Waals surface area (Å²) in [5.74, 6) is 0.184. The number of ether oxygens (including phenoxy) is 1. The van der Waals surface area contributed by atoms with Gasteiger partial charge in [0.15, 0.2) is 5.75 Å². The van der Waals surface area contributed by atoms with E-state index >= 15 is 0 Å². The second kappa shape index (κ2) is 11.1. The zero-order valence-corrected chi connectivity index (χ0v) is 24.2. The predicted octanol–water partition coefficient (Wildman–Crippen LogP) is 5.51. The molecule has 0 bridgehead atoms. The minimum Gasteiger partial charge on any atom is -0.409 e. The van der Waals surface area contributed by atoms with Crippen LogP contribution in [-0.2, 0) is 9.59 Å². The number of aromatic nitrogens is 1.